The predicted molar refractivity (Wildman–Crippen MR) is 107 cm³/mol. The molecule has 2 heterocycles. The monoisotopic (exact) mass is 422 g/mol. The molecular weight excluding hydrogens is 399 g/mol. The van der Waals surface area contributed by atoms with Crippen molar-refractivity contribution in [3.05, 3.63) is 47.4 Å². The van der Waals surface area contributed by atoms with Crippen LogP contribution >= 0.6 is 11.6 Å². The Labute approximate surface area is 173 Å². The highest BCUT2D eigenvalue weighted by molar-refractivity contribution is 6.32. The van der Waals surface area contributed by atoms with Crippen LogP contribution in [0.25, 0.3) is 0 Å². The molecule has 1 saturated carbocycles. The number of nitrogens with zero attached hydrogens (tertiary/aromatic N) is 2. The minimum atomic E-state index is -1.25. The normalized spacial score (nSPS) is 30.3. The fraction of sp³-hybridized carbons (Fsp3) is 0.500. The number of ether oxygens (including phenoxy) is 3. The Balaban J connectivity index is 1.58. The van der Waals surface area contributed by atoms with Gasteiger partial charge in [0.1, 0.15) is 23.8 Å². The van der Waals surface area contributed by atoms with Crippen LogP contribution in [0.5, 0.6) is 0 Å². The fourth-order valence-electron chi connectivity index (χ4n) is 4.11. The maximum absolute atomic E-state index is 15.1. The molecule has 4 atom stereocenters. The Morgan fingerprint density at radius 3 is 2.83 bits per heavy atom. The van der Waals surface area contributed by atoms with E-state index >= 15 is 4.39 Å². The number of aromatic nitrogens is 2. The summed E-state index contributed by atoms with van der Waals surface area (Å²) in [5.74, 6) is -0.607. The van der Waals surface area contributed by atoms with Crippen molar-refractivity contribution in [3.63, 3.8) is 0 Å². The molecule has 3 N–H and O–H groups in total. The lowest BCUT2D eigenvalue weighted by Gasteiger charge is -2.35. The molecule has 29 heavy (non-hydrogen) atoms. The van der Waals surface area contributed by atoms with E-state index in [2.05, 4.69) is 15.3 Å². The first-order valence-corrected chi connectivity index (χ1v) is 9.85. The SMILES string of the molecule is CC1(C)O[C@H]2C[C@H](F)[C@H](Nc3ncnc(Cl)c3N)[C@@]2(COCc2ccccc2)O1. The Hall–Kier alpha value is -2.00. The van der Waals surface area contributed by atoms with Gasteiger partial charge in [0.2, 0.25) is 0 Å². The van der Waals surface area contributed by atoms with E-state index in [1.807, 2.05) is 44.2 Å². The van der Waals surface area contributed by atoms with Crippen molar-refractivity contribution in [3.8, 4) is 0 Å². The van der Waals surface area contributed by atoms with Gasteiger partial charge in [0, 0.05) is 6.42 Å². The van der Waals surface area contributed by atoms with Crippen LogP contribution in [0.3, 0.4) is 0 Å². The molecule has 0 spiro atoms. The van der Waals surface area contributed by atoms with Gasteiger partial charge in [-0.2, -0.15) is 0 Å². The van der Waals surface area contributed by atoms with Crippen molar-refractivity contribution in [2.75, 3.05) is 17.7 Å². The van der Waals surface area contributed by atoms with Crippen LogP contribution in [-0.4, -0.2) is 46.3 Å². The van der Waals surface area contributed by atoms with Crippen LogP contribution in [0.2, 0.25) is 5.15 Å². The molecule has 9 heteroatoms. The van der Waals surface area contributed by atoms with Gasteiger partial charge in [-0.25, -0.2) is 14.4 Å². The van der Waals surface area contributed by atoms with E-state index < -0.39 is 29.7 Å². The number of halogens is 2. The highest BCUT2D eigenvalue weighted by Crippen LogP contribution is 2.49. The molecule has 0 amide bonds. The summed E-state index contributed by atoms with van der Waals surface area (Å²) in [6.45, 7) is 4.14. The van der Waals surface area contributed by atoms with Gasteiger partial charge >= 0.3 is 0 Å². The first-order chi connectivity index (χ1) is 13.8. The Bertz CT molecular complexity index is 872. The first-order valence-electron chi connectivity index (χ1n) is 9.47. The maximum Gasteiger partial charge on any atom is 0.164 e. The van der Waals surface area contributed by atoms with Crippen molar-refractivity contribution in [2.45, 2.75) is 56.6 Å². The first kappa shape index (κ1) is 20.3. The molecule has 4 rings (SSSR count). The number of nitrogens with two attached hydrogens (primary N) is 1. The van der Waals surface area contributed by atoms with Crippen molar-refractivity contribution in [1.29, 1.82) is 0 Å². The molecular formula is C20H24ClFN4O3. The highest BCUT2D eigenvalue weighted by atomic mass is 35.5. The van der Waals surface area contributed by atoms with Gasteiger partial charge in [-0.15, -0.1) is 0 Å². The summed E-state index contributed by atoms with van der Waals surface area (Å²) in [5, 5.41) is 3.18. The Morgan fingerprint density at radius 1 is 1.31 bits per heavy atom. The lowest BCUT2D eigenvalue weighted by atomic mass is 9.96. The summed E-state index contributed by atoms with van der Waals surface area (Å²) >= 11 is 5.99. The summed E-state index contributed by atoms with van der Waals surface area (Å²) in [7, 11) is 0. The third-order valence-electron chi connectivity index (χ3n) is 5.30. The summed E-state index contributed by atoms with van der Waals surface area (Å²) in [4.78, 5) is 7.95. The van der Waals surface area contributed by atoms with Gasteiger partial charge in [-0.05, 0) is 19.4 Å². The molecule has 1 aliphatic carbocycles. The van der Waals surface area contributed by atoms with E-state index in [1.54, 1.807) is 0 Å². The lowest BCUT2D eigenvalue weighted by Crippen LogP contribution is -2.54. The summed E-state index contributed by atoms with van der Waals surface area (Å²) in [6, 6.07) is 8.98. The molecule has 2 aromatic rings. The van der Waals surface area contributed by atoms with E-state index in [0.29, 0.717) is 6.61 Å². The van der Waals surface area contributed by atoms with E-state index in [4.69, 9.17) is 31.5 Å². The highest BCUT2D eigenvalue weighted by Gasteiger charge is 2.65. The predicted octanol–water partition coefficient (Wildman–Crippen LogP) is 3.34. The molecule has 1 aromatic heterocycles. The Kier molecular flexibility index (Phi) is 5.37. The van der Waals surface area contributed by atoms with E-state index in [-0.39, 0.29) is 29.7 Å². The van der Waals surface area contributed by atoms with Crippen molar-refractivity contribution >= 4 is 23.1 Å². The Morgan fingerprint density at radius 2 is 2.07 bits per heavy atom. The molecule has 2 aliphatic rings. The maximum atomic E-state index is 15.1. The topological polar surface area (TPSA) is 91.5 Å². The number of alkyl halides is 1. The smallest absolute Gasteiger partial charge is 0.164 e. The van der Waals surface area contributed by atoms with Crippen LogP contribution in [0.15, 0.2) is 36.7 Å². The third kappa shape index (κ3) is 3.90. The standard InChI is InChI=1S/C20H24ClFN4O3/c1-19(2)28-14-8-13(22)16(26-18-15(23)17(21)24-11-25-18)20(14,29-19)10-27-9-12-6-4-3-5-7-12/h3-7,11,13-14,16H,8-10,23H2,1-2H3,(H,24,25,26)/t13-,14-,16-,20-/m0/s1. The van der Waals surface area contributed by atoms with E-state index in [0.717, 1.165) is 5.56 Å². The van der Waals surface area contributed by atoms with Gasteiger partial charge < -0.3 is 25.3 Å². The number of hydrogen-bond donors (Lipinski definition) is 2. The molecule has 0 unspecified atom stereocenters. The molecule has 156 valence electrons. The summed E-state index contributed by atoms with van der Waals surface area (Å²) < 4.78 is 33.3. The number of rotatable bonds is 6. The quantitative estimate of drug-likeness (QED) is 0.690. The van der Waals surface area contributed by atoms with E-state index in [1.165, 1.54) is 6.33 Å². The zero-order valence-electron chi connectivity index (χ0n) is 16.3. The van der Waals surface area contributed by atoms with Gasteiger partial charge in [-0.1, -0.05) is 41.9 Å². The average molecular weight is 423 g/mol. The van der Waals surface area contributed by atoms with Crippen LogP contribution in [0.1, 0.15) is 25.8 Å². The van der Waals surface area contributed by atoms with Crippen LogP contribution in [-0.2, 0) is 20.8 Å². The lowest BCUT2D eigenvalue weighted by molar-refractivity contribution is -0.184. The minimum absolute atomic E-state index is 0.103. The zero-order valence-corrected chi connectivity index (χ0v) is 17.0. The van der Waals surface area contributed by atoms with Crippen LogP contribution in [0, 0.1) is 0 Å². The molecule has 1 aromatic carbocycles. The molecule has 1 saturated heterocycles. The minimum Gasteiger partial charge on any atom is -0.393 e. The number of benzene rings is 1. The largest absolute Gasteiger partial charge is 0.393 e. The van der Waals surface area contributed by atoms with Crippen LogP contribution < -0.4 is 11.1 Å². The molecule has 1 aliphatic heterocycles. The van der Waals surface area contributed by atoms with Gasteiger partial charge in [0.15, 0.2) is 16.8 Å². The summed E-state index contributed by atoms with van der Waals surface area (Å²) in [5.41, 5.74) is 6.10. The second kappa shape index (κ2) is 7.68. The number of fused-ring (bicyclic) bond motifs is 1. The van der Waals surface area contributed by atoms with Gasteiger partial charge in [-0.3, -0.25) is 0 Å². The average Bonchev–Trinajstić information content (AvgIpc) is 3.06. The number of nitrogen functional groups attached to an aromatic ring is 1. The molecule has 7 nitrogen and oxygen atoms in total. The van der Waals surface area contributed by atoms with Gasteiger partial charge in [0.05, 0.1) is 25.4 Å². The fourth-order valence-corrected chi connectivity index (χ4v) is 4.24. The summed E-state index contributed by atoms with van der Waals surface area (Å²) in [6.07, 6.45) is -0.270. The van der Waals surface area contributed by atoms with Crippen molar-refractivity contribution in [1.82, 2.24) is 9.97 Å². The number of hydrogen-bond acceptors (Lipinski definition) is 7. The van der Waals surface area contributed by atoms with Crippen molar-refractivity contribution < 1.29 is 18.6 Å². The zero-order chi connectivity index (χ0) is 20.6. The van der Waals surface area contributed by atoms with E-state index in [9.17, 15) is 0 Å². The molecule has 2 fully saturated rings. The number of anilines is 2. The van der Waals surface area contributed by atoms with Gasteiger partial charge in [0.25, 0.3) is 0 Å². The second-order valence-electron chi connectivity index (χ2n) is 7.84. The van der Waals surface area contributed by atoms with Crippen molar-refractivity contribution in [2.24, 2.45) is 0 Å². The molecule has 0 radical (unpaired) electrons. The third-order valence-corrected chi connectivity index (χ3v) is 5.60. The number of nitrogens with one attached hydrogen (secondary N) is 1. The second-order valence-corrected chi connectivity index (χ2v) is 8.20. The van der Waals surface area contributed by atoms with Crippen LogP contribution in [0.4, 0.5) is 15.9 Å². The molecule has 0 bridgehead atoms.